The minimum absolute atomic E-state index is 0.211. The molecule has 1 aromatic heterocycles. The molecule has 0 aliphatic carbocycles. The molecule has 1 heterocycles. The third-order valence-electron chi connectivity index (χ3n) is 2.28. The third kappa shape index (κ3) is 1.66. The first kappa shape index (κ1) is 9.24. The summed E-state index contributed by atoms with van der Waals surface area (Å²) in [4.78, 5) is 4.21. The molecule has 0 amide bonds. The van der Waals surface area contributed by atoms with Gasteiger partial charge in [-0.2, -0.15) is 0 Å². The van der Waals surface area contributed by atoms with Crippen LogP contribution in [0.1, 0.15) is 37.5 Å². The van der Waals surface area contributed by atoms with Crippen molar-refractivity contribution in [1.82, 2.24) is 4.98 Å². The quantitative estimate of drug-likeness (QED) is 0.573. The minimum atomic E-state index is 0.211. The van der Waals surface area contributed by atoms with Crippen LogP contribution in [0.2, 0.25) is 0 Å². The van der Waals surface area contributed by atoms with Crippen molar-refractivity contribution in [1.29, 1.82) is 0 Å². The van der Waals surface area contributed by atoms with Crippen molar-refractivity contribution in [3.05, 3.63) is 29.1 Å². The molecular formula is C11H17N. The first-order valence-corrected chi connectivity index (χ1v) is 4.34. The highest BCUT2D eigenvalue weighted by molar-refractivity contribution is 5.33. The molecule has 1 heteroatoms. The molecule has 1 nitrogen and oxygen atoms in total. The molecular weight excluding hydrogens is 146 g/mol. The smallest absolute Gasteiger partial charge is 0.0308 e. The molecule has 0 aliphatic heterocycles. The maximum Gasteiger partial charge on any atom is 0.0308 e. The van der Waals surface area contributed by atoms with Crippen molar-refractivity contribution in [2.24, 2.45) is 0 Å². The largest absolute Gasteiger partial charge is 0.264 e. The van der Waals surface area contributed by atoms with E-state index < -0.39 is 0 Å². The number of aryl methyl sites for hydroxylation is 1. The van der Waals surface area contributed by atoms with Crippen molar-refractivity contribution in [3.8, 4) is 0 Å². The van der Waals surface area contributed by atoms with Crippen LogP contribution in [0.4, 0.5) is 0 Å². The SMILES string of the molecule is Cc1cncc(C(C)(C)C)c1C. The summed E-state index contributed by atoms with van der Waals surface area (Å²) >= 11 is 0. The summed E-state index contributed by atoms with van der Waals surface area (Å²) in [6.45, 7) is 10.9. The minimum Gasteiger partial charge on any atom is -0.264 e. The fraction of sp³-hybridized carbons (Fsp3) is 0.545. The van der Waals surface area contributed by atoms with Crippen LogP contribution in [0.5, 0.6) is 0 Å². The van der Waals surface area contributed by atoms with Gasteiger partial charge in [-0.1, -0.05) is 20.8 Å². The summed E-state index contributed by atoms with van der Waals surface area (Å²) in [6, 6.07) is 0. The number of nitrogens with zero attached hydrogens (tertiary/aromatic N) is 1. The monoisotopic (exact) mass is 163 g/mol. The molecule has 66 valence electrons. The lowest BCUT2D eigenvalue weighted by atomic mass is 9.84. The standard InChI is InChI=1S/C11H17N/c1-8-6-12-7-10(9(8)2)11(3,4)5/h6-7H,1-5H3. The van der Waals surface area contributed by atoms with E-state index in [2.05, 4.69) is 39.6 Å². The van der Waals surface area contributed by atoms with Gasteiger partial charge in [0.2, 0.25) is 0 Å². The van der Waals surface area contributed by atoms with Crippen molar-refractivity contribution in [2.75, 3.05) is 0 Å². The normalized spacial score (nSPS) is 11.8. The van der Waals surface area contributed by atoms with Crippen molar-refractivity contribution in [3.63, 3.8) is 0 Å². The Labute approximate surface area is 74.8 Å². The van der Waals surface area contributed by atoms with Crippen LogP contribution < -0.4 is 0 Å². The fourth-order valence-corrected chi connectivity index (χ4v) is 1.39. The highest BCUT2D eigenvalue weighted by Gasteiger charge is 2.16. The van der Waals surface area contributed by atoms with Gasteiger partial charge in [0.05, 0.1) is 0 Å². The van der Waals surface area contributed by atoms with Gasteiger partial charge in [0.25, 0.3) is 0 Å². The summed E-state index contributed by atoms with van der Waals surface area (Å²) in [5.74, 6) is 0. The number of aromatic nitrogens is 1. The van der Waals surface area contributed by atoms with Gasteiger partial charge in [0.1, 0.15) is 0 Å². The lowest BCUT2D eigenvalue weighted by Crippen LogP contribution is -2.14. The summed E-state index contributed by atoms with van der Waals surface area (Å²) in [7, 11) is 0. The van der Waals surface area contributed by atoms with Gasteiger partial charge in [0, 0.05) is 12.4 Å². The average molecular weight is 163 g/mol. The summed E-state index contributed by atoms with van der Waals surface area (Å²) in [6.07, 6.45) is 3.90. The Hall–Kier alpha value is -0.850. The third-order valence-corrected chi connectivity index (χ3v) is 2.28. The van der Waals surface area contributed by atoms with Crippen LogP contribution >= 0.6 is 0 Å². The molecule has 0 spiro atoms. The van der Waals surface area contributed by atoms with E-state index >= 15 is 0 Å². The lowest BCUT2D eigenvalue weighted by molar-refractivity contribution is 0.582. The molecule has 0 aliphatic rings. The highest BCUT2D eigenvalue weighted by atomic mass is 14.6. The summed E-state index contributed by atoms with van der Waals surface area (Å²) < 4.78 is 0. The molecule has 0 saturated heterocycles. The molecule has 12 heavy (non-hydrogen) atoms. The Morgan fingerprint density at radius 3 is 2.08 bits per heavy atom. The Kier molecular flexibility index (Phi) is 2.22. The second-order valence-corrected chi connectivity index (χ2v) is 4.38. The van der Waals surface area contributed by atoms with Gasteiger partial charge in [-0.3, -0.25) is 4.98 Å². The Morgan fingerprint density at radius 1 is 1.08 bits per heavy atom. The van der Waals surface area contributed by atoms with Crippen LogP contribution in [0, 0.1) is 13.8 Å². The molecule has 0 aromatic carbocycles. The molecule has 0 bridgehead atoms. The summed E-state index contributed by atoms with van der Waals surface area (Å²) in [5.41, 5.74) is 4.21. The molecule has 1 rings (SSSR count). The Bertz CT molecular complexity index is 282. The zero-order valence-corrected chi connectivity index (χ0v) is 8.60. The molecule has 0 fully saturated rings. The Balaban J connectivity index is 3.26. The molecule has 0 radical (unpaired) electrons. The highest BCUT2D eigenvalue weighted by Crippen LogP contribution is 2.25. The van der Waals surface area contributed by atoms with E-state index in [1.807, 2.05) is 12.4 Å². The van der Waals surface area contributed by atoms with Gasteiger partial charge in [-0.15, -0.1) is 0 Å². The van der Waals surface area contributed by atoms with Crippen LogP contribution in [-0.2, 0) is 5.41 Å². The van der Waals surface area contributed by atoms with Crippen LogP contribution in [0.3, 0.4) is 0 Å². The van der Waals surface area contributed by atoms with Crippen LogP contribution in [0.15, 0.2) is 12.4 Å². The zero-order valence-electron chi connectivity index (χ0n) is 8.60. The van der Waals surface area contributed by atoms with Gasteiger partial charge in [0.15, 0.2) is 0 Å². The van der Waals surface area contributed by atoms with Gasteiger partial charge < -0.3 is 0 Å². The second-order valence-electron chi connectivity index (χ2n) is 4.38. The second kappa shape index (κ2) is 2.89. The van der Waals surface area contributed by atoms with Gasteiger partial charge >= 0.3 is 0 Å². The fourth-order valence-electron chi connectivity index (χ4n) is 1.39. The molecule has 0 saturated carbocycles. The van der Waals surface area contributed by atoms with Gasteiger partial charge in [-0.25, -0.2) is 0 Å². The first-order chi connectivity index (χ1) is 5.43. The summed E-state index contributed by atoms with van der Waals surface area (Å²) in [5, 5.41) is 0. The molecule has 0 unspecified atom stereocenters. The van der Waals surface area contributed by atoms with Crippen molar-refractivity contribution in [2.45, 2.75) is 40.0 Å². The zero-order chi connectivity index (χ0) is 9.35. The maximum absolute atomic E-state index is 4.21. The lowest BCUT2D eigenvalue weighted by Gasteiger charge is -2.21. The topological polar surface area (TPSA) is 12.9 Å². The maximum atomic E-state index is 4.21. The van der Waals surface area contributed by atoms with Crippen molar-refractivity contribution >= 4 is 0 Å². The van der Waals surface area contributed by atoms with E-state index in [9.17, 15) is 0 Å². The number of pyridine rings is 1. The molecule has 0 atom stereocenters. The average Bonchev–Trinajstić information content (AvgIpc) is 1.92. The van der Waals surface area contributed by atoms with E-state index in [1.165, 1.54) is 16.7 Å². The van der Waals surface area contributed by atoms with E-state index in [1.54, 1.807) is 0 Å². The predicted octanol–water partition coefficient (Wildman–Crippen LogP) is 3.00. The predicted molar refractivity (Wildman–Crippen MR) is 52.4 cm³/mol. The van der Waals surface area contributed by atoms with Crippen LogP contribution in [-0.4, -0.2) is 4.98 Å². The molecule has 1 aromatic rings. The Morgan fingerprint density at radius 2 is 1.67 bits per heavy atom. The van der Waals surface area contributed by atoms with E-state index in [0.717, 1.165) is 0 Å². The number of hydrogen-bond donors (Lipinski definition) is 0. The van der Waals surface area contributed by atoms with E-state index in [-0.39, 0.29) is 5.41 Å². The number of hydrogen-bond acceptors (Lipinski definition) is 1. The van der Waals surface area contributed by atoms with E-state index in [0.29, 0.717) is 0 Å². The van der Waals surface area contributed by atoms with Crippen LogP contribution in [0.25, 0.3) is 0 Å². The van der Waals surface area contributed by atoms with Crippen molar-refractivity contribution < 1.29 is 0 Å². The number of rotatable bonds is 0. The van der Waals surface area contributed by atoms with E-state index in [4.69, 9.17) is 0 Å². The van der Waals surface area contributed by atoms with Gasteiger partial charge in [-0.05, 0) is 36.0 Å². The molecule has 0 N–H and O–H groups in total. The first-order valence-electron chi connectivity index (χ1n) is 4.34.